The molecule has 1 aliphatic heterocycles. The maximum Gasteiger partial charge on any atom is 0.260 e. The molecular weight excluding hydrogens is 404 g/mol. The van der Waals surface area contributed by atoms with Crippen LogP contribution in [0.15, 0.2) is 16.9 Å². The Balaban J connectivity index is 2.33. The molecule has 1 aromatic heterocycles. The summed E-state index contributed by atoms with van der Waals surface area (Å²) < 4.78 is 18.4. The van der Waals surface area contributed by atoms with Crippen molar-refractivity contribution in [2.45, 2.75) is 32.5 Å². The first-order valence-electron chi connectivity index (χ1n) is 8.27. The van der Waals surface area contributed by atoms with Gasteiger partial charge in [-0.2, -0.15) is 0 Å². The van der Waals surface area contributed by atoms with Crippen LogP contribution in [0.2, 0.25) is 0 Å². The molecular formula is C18H21BrN2O5. The third-order valence-electron chi connectivity index (χ3n) is 4.21. The fourth-order valence-corrected chi connectivity index (χ4v) is 3.40. The predicted molar refractivity (Wildman–Crippen MR) is 102 cm³/mol. The number of alkyl halides is 1. The molecule has 26 heavy (non-hydrogen) atoms. The summed E-state index contributed by atoms with van der Waals surface area (Å²) in [6, 6.07) is 3.25. The lowest BCUT2D eigenvalue weighted by Crippen LogP contribution is -2.34. The number of aromatic nitrogens is 1. The molecule has 0 bridgehead atoms. The van der Waals surface area contributed by atoms with Gasteiger partial charge in [0.05, 0.1) is 31.7 Å². The SMILES string of the molecule is COc1cc2c(=O)c(C(=O)NC(C)C)c3n(c2cc1OC)C[C@H](CBr)O3. The number of carbonyl (C=O) groups excluding carboxylic acids is 1. The summed E-state index contributed by atoms with van der Waals surface area (Å²) in [6.07, 6.45) is -0.168. The standard InChI is InChI=1S/C18H21BrN2O5/c1-9(2)20-17(23)15-16(22)11-5-13(24-3)14(25-4)6-12(11)21-8-10(7-19)26-18(15)21/h5-6,9-10H,7-8H2,1-4H3,(H,20,23)/t10-/m0/s1. The minimum Gasteiger partial charge on any atom is -0.493 e. The van der Waals surface area contributed by atoms with Crippen molar-refractivity contribution in [3.8, 4) is 17.4 Å². The van der Waals surface area contributed by atoms with Gasteiger partial charge in [-0.05, 0) is 19.9 Å². The van der Waals surface area contributed by atoms with Crippen molar-refractivity contribution in [1.82, 2.24) is 9.88 Å². The Hall–Kier alpha value is -2.22. The number of hydrogen-bond donors (Lipinski definition) is 1. The molecule has 1 aliphatic rings. The predicted octanol–water partition coefficient (Wildman–Crippen LogP) is 2.31. The number of hydrogen-bond acceptors (Lipinski definition) is 5. The molecule has 0 spiro atoms. The normalized spacial score (nSPS) is 15.7. The van der Waals surface area contributed by atoms with Gasteiger partial charge in [-0.1, -0.05) is 15.9 Å². The smallest absolute Gasteiger partial charge is 0.260 e. The zero-order valence-corrected chi connectivity index (χ0v) is 16.7. The molecule has 0 aliphatic carbocycles. The van der Waals surface area contributed by atoms with Crippen molar-refractivity contribution < 1.29 is 19.0 Å². The highest BCUT2D eigenvalue weighted by Crippen LogP contribution is 2.36. The van der Waals surface area contributed by atoms with E-state index in [0.717, 1.165) is 0 Å². The Bertz CT molecular complexity index is 922. The summed E-state index contributed by atoms with van der Waals surface area (Å²) >= 11 is 3.41. The molecule has 2 heterocycles. The third kappa shape index (κ3) is 3.02. The lowest BCUT2D eigenvalue weighted by Gasteiger charge is -2.15. The Morgan fingerprint density at radius 1 is 1.35 bits per heavy atom. The van der Waals surface area contributed by atoms with Gasteiger partial charge < -0.3 is 24.1 Å². The molecule has 7 nitrogen and oxygen atoms in total. The summed E-state index contributed by atoms with van der Waals surface area (Å²) in [5.41, 5.74) is 0.273. The fourth-order valence-electron chi connectivity index (χ4n) is 3.07. The summed E-state index contributed by atoms with van der Waals surface area (Å²) in [5, 5.41) is 3.75. The number of ether oxygens (including phenoxy) is 3. The molecule has 2 aromatic rings. The maximum absolute atomic E-state index is 13.1. The van der Waals surface area contributed by atoms with Crippen LogP contribution in [0.3, 0.4) is 0 Å². The first kappa shape index (κ1) is 18.6. The lowest BCUT2D eigenvalue weighted by molar-refractivity contribution is 0.0937. The van der Waals surface area contributed by atoms with Gasteiger partial charge in [0, 0.05) is 17.4 Å². The summed E-state index contributed by atoms with van der Waals surface area (Å²) in [6.45, 7) is 4.20. The number of halogens is 1. The van der Waals surface area contributed by atoms with Crippen molar-refractivity contribution in [2.24, 2.45) is 0 Å². The number of amides is 1. The van der Waals surface area contributed by atoms with E-state index in [2.05, 4.69) is 21.2 Å². The number of pyridine rings is 1. The van der Waals surface area contributed by atoms with Crippen LogP contribution >= 0.6 is 15.9 Å². The average molecular weight is 425 g/mol. The number of methoxy groups -OCH3 is 2. The molecule has 0 fully saturated rings. The number of rotatable bonds is 5. The number of nitrogens with one attached hydrogen (secondary N) is 1. The summed E-state index contributed by atoms with van der Waals surface area (Å²) in [5.74, 6) is 0.789. The lowest BCUT2D eigenvalue weighted by atomic mass is 10.1. The van der Waals surface area contributed by atoms with Gasteiger partial charge in [0.25, 0.3) is 5.91 Å². The number of benzene rings is 1. The maximum atomic E-state index is 13.1. The Morgan fingerprint density at radius 3 is 2.58 bits per heavy atom. The van der Waals surface area contributed by atoms with Crippen LogP contribution in [0, 0.1) is 0 Å². The van der Waals surface area contributed by atoms with E-state index in [9.17, 15) is 9.59 Å². The molecule has 1 amide bonds. The van der Waals surface area contributed by atoms with Gasteiger partial charge in [-0.15, -0.1) is 0 Å². The van der Waals surface area contributed by atoms with Crippen molar-refractivity contribution in [2.75, 3.05) is 19.5 Å². The van der Waals surface area contributed by atoms with Gasteiger partial charge in [-0.3, -0.25) is 9.59 Å². The van der Waals surface area contributed by atoms with Crippen LogP contribution < -0.4 is 25.0 Å². The zero-order chi connectivity index (χ0) is 19.0. The molecule has 0 saturated carbocycles. The number of carbonyl (C=O) groups is 1. The molecule has 1 atom stereocenters. The Labute approximate surface area is 159 Å². The van der Waals surface area contributed by atoms with Crippen LogP contribution in [0.1, 0.15) is 24.2 Å². The molecule has 140 valence electrons. The van der Waals surface area contributed by atoms with E-state index >= 15 is 0 Å². The van der Waals surface area contributed by atoms with E-state index in [4.69, 9.17) is 14.2 Å². The van der Waals surface area contributed by atoms with Crippen LogP contribution in [0.25, 0.3) is 10.9 Å². The summed E-state index contributed by atoms with van der Waals surface area (Å²) in [7, 11) is 3.04. The monoisotopic (exact) mass is 424 g/mol. The van der Waals surface area contributed by atoms with E-state index in [1.807, 2.05) is 18.4 Å². The van der Waals surface area contributed by atoms with Crippen LogP contribution in [-0.2, 0) is 6.54 Å². The molecule has 3 rings (SSSR count). The van der Waals surface area contributed by atoms with E-state index < -0.39 is 5.91 Å². The van der Waals surface area contributed by atoms with Crippen molar-refractivity contribution in [3.05, 3.63) is 27.9 Å². The first-order chi connectivity index (χ1) is 12.4. The quantitative estimate of drug-likeness (QED) is 0.744. The van der Waals surface area contributed by atoms with Crippen molar-refractivity contribution in [3.63, 3.8) is 0 Å². The highest BCUT2D eigenvalue weighted by atomic mass is 79.9. The minimum atomic E-state index is -0.444. The van der Waals surface area contributed by atoms with Gasteiger partial charge >= 0.3 is 0 Å². The second kappa shape index (κ2) is 7.19. The van der Waals surface area contributed by atoms with Crippen molar-refractivity contribution >= 4 is 32.7 Å². The van der Waals surface area contributed by atoms with Crippen molar-refractivity contribution in [1.29, 1.82) is 0 Å². The molecule has 1 N–H and O–H groups in total. The van der Waals surface area contributed by atoms with Gasteiger partial charge in [0.1, 0.15) is 11.7 Å². The minimum absolute atomic E-state index is 0.0156. The van der Waals surface area contributed by atoms with Gasteiger partial charge in [0.2, 0.25) is 11.3 Å². The molecule has 1 aromatic carbocycles. The first-order valence-corrected chi connectivity index (χ1v) is 9.39. The van der Waals surface area contributed by atoms with E-state index in [1.54, 1.807) is 12.1 Å². The van der Waals surface area contributed by atoms with Gasteiger partial charge in [-0.25, -0.2) is 0 Å². The third-order valence-corrected chi connectivity index (χ3v) is 4.93. The number of nitrogens with zero attached hydrogens (tertiary/aromatic N) is 1. The van der Waals surface area contributed by atoms with E-state index in [-0.39, 0.29) is 29.0 Å². The topological polar surface area (TPSA) is 78.8 Å². The van der Waals surface area contributed by atoms with E-state index in [1.165, 1.54) is 14.2 Å². The molecule has 8 heteroatoms. The second-order valence-corrected chi connectivity index (χ2v) is 7.01. The number of fused-ring (bicyclic) bond motifs is 3. The van der Waals surface area contributed by atoms with E-state index in [0.29, 0.717) is 34.3 Å². The largest absolute Gasteiger partial charge is 0.493 e. The highest BCUT2D eigenvalue weighted by Gasteiger charge is 2.32. The highest BCUT2D eigenvalue weighted by molar-refractivity contribution is 9.09. The average Bonchev–Trinajstić information content (AvgIpc) is 3.04. The van der Waals surface area contributed by atoms with Crippen LogP contribution in [0.4, 0.5) is 0 Å². The molecule has 0 radical (unpaired) electrons. The van der Waals surface area contributed by atoms with Crippen LogP contribution in [-0.4, -0.2) is 42.2 Å². The summed E-state index contributed by atoms with van der Waals surface area (Å²) in [4.78, 5) is 25.8. The Kier molecular flexibility index (Phi) is 5.13. The Morgan fingerprint density at radius 2 is 2.00 bits per heavy atom. The van der Waals surface area contributed by atoms with Gasteiger partial charge in [0.15, 0.2) is 11.5 Å². The molecule has 0 saturated heterocycles. The fraction of sp³-hybridized carbons (Fsp3) is 0.444. The van der Waals surface area contributed by atoms with Crippen LogP contribution in [0.5, 0.6) is 17.4 Å². The zero-order valence-electron chi connectivity index (χ0n) is 15.1. The molecule has 0 unspecified atom stereocenters. The second-order valence-electron chi connectivity index (χ2n) is 6.37.